The zero-order chi connectivity index (χ0) is 22.1. The van der Waals surface area contributed by atoms with Crippen LogP contribution < -0.4 is 20.5 Å². The Bertz CT molecular complexity index is 1230. The molecule has 9 nitrogen and oxygen atoms in total. The van der Waals surface area contributed by atoms with Crippen LogP contribution in [0.15, 0.2) is 56.6 Å². The maximum atomic E-state index is 12.9. The summed E-state index contributed by atoms with van der Waals surface area (Å²) in [6.45, 7) is 3.47. The number of ether oxygens (including phenoxy) is 1. The number of nitrogens with zero attached hydrogens (tertiary/aromatic N) is 1. The van der Waals surface area contributed by atoms with Crippen LogP contribution >= 0.6 is 0 Å². The molecular formula is C20H23N3O6S. The number of carbonyl (C=O) groups is 1. The van der Waals surface area contributed by atoms with Gasteiger partial charge in [0.05, 0.1) is 17.5 Å². The zero-order valence-electron chi connectivity index (χ0n) is 17.0. The predicted molar refractivity (Wildman–Crippen MR) is 112 cm³/mol. The van der Waals surface area contributed by atoms with Gasteiger partial charge in [-0.05, 0) is 42.3 Å². The molecule has 10 heteroatoms. The van der Waals surface area contributed by atoms with Gasteiger partial charge in [-0.2, -0.15) is 4.72 Å². The minimum atomic E-state index is -4.05. The average Bonchev–Trinajstić information content (AvgIpc) is 2.99. The van der Waals surface area contributed by atoms with Crippen molar-refractivity contribution in [2.24, 2.45) is 13.0 Å². The van der Waals surface area contributed by atoms with Crippen LogP contribution in [0, 0.1) is 5.92 Å². The molecule has 160 valence electrons. The lowest BCUT2D eigenvalue weighted by atomic mass is 10.0. The van der Waals surface area contributed by atoms with Crippen LogP contribution in [0.5, 0.6) is 5.75 Å². The standard InChI is InChI=1S/C20H23N3O6S/c1-12(2)18(19(24)21-13-5-7-14(28-4)8-6-13)22-30(26,27)15-9-10-16-17(11-15)29-20(25)23(16)3/h5-12,18,22H,1-4H3,(H,21,24)/t18-/m1/s1. The third-order valence-electron chi connectivity index (χ3n) is 4.66. The Morgan fingerprint density at radius 1 is 1.13 bits per heavy atom. The van der Waals surface area contributed by atoms with Gasteiger partial charge in [0.2, 0.25) is 15.9 Å². The van der Waals surface area contributed by atoms with Gasteiger partial charge in [-0.3, -0.25) is 9.36 Å². The van der Waals surface area contributed by atoms with E-state index in [4.69, 9.17) is 9.15 Å². The lowest BCUT2D eigenvalue weighted by molar-refractivity contribution is -0.118. The number of sulfonamides is 1. The van der Waals surface area contributed by atoms with Gasteiger partial charge < -0.3 is 14.5 Å². The molecule has 0 radical (unpaired) electrons. The predicted octanol–water partition coefficient (Wildman–Crippen LogP) is 2.08. The lowest BCUT2D eigenvalue weighted by Gasteiger charge is -2.21. The number of anilines is 1. The van der Waals surface area contributed by atoms with E-state index in [1.807, 2.05) is 0 Å². The van der Waals surface area contributed by atoms with Crippen LogP contribution in [-0.4, -0.2) is 32.0 Å². The van der Waals surface area contributed by atoms with Crippen molar-refractivity contribution < 1.29 is 22.4 Å². The van der Waals surface area contributed by atoms with Crippen LogP contribution in [0.4, 0.5) is 5.69 Å². The molecule has 30 heavy (non-hydrogen) atoms. The number of carbonyl (C=O) groups excluding carboxylic acids is 1. The number of aryl methyl sites for hydroxylation is 1. The fourth-order valence-corrected chi connectivity index (χ4v) is 4.26. The van der Waals surface area contributed by atoms with Crippen LogP contribution in [0.2, 0.25) is 0 Å². The normalized spacial score (nSPS) is 12.8. The van der Waals surface area contributed by atoms with E-state index in [0.717, 1.165) is 0 Å². The minimum absolute atomic E-state index is 0.104. The van der Waals surface area contributed by atoms with Gasteiger partial charge in [0.1, 0.15) is 11.8 Å². The fraction of sp³-hybridized carbons (Fsp3) is 0.300. The van der Waals surface area contributed by atoms with Crippen LogP contribution in [0.3, 0.4) is 0 Å². The van der Waals surface area contributed by atoms with Gasteiger partial charge in [0.25, 0.3) is 0 Å². The summed E-state index contributed by atoms with van der Waals surface area (Å²) in [6, 6.07) is 9.78. The first-order valence-corrected chi connectivity index (χ1v) is 10.7. The summed E-state index contributed by atoms with van der Waals surface area (Å²) in [7, 11) is -0.986. The van der Waals surface area contributed by atoms with Gasteiger partial charge >= 0.3 is 5.76 Å². The van der Waals surface area contributed by atoms with E-state index in [1.54, 1.807) is 38.1 Å². The molecule has 3 rings (SSSR count). The van der Waals surface area contributed by atoms with E-state index in [0.29, 0.717) is 17.0 Å². The van der Waals surface area contributed by atoms with Crippen molar-refractivity contribution in [2.45, 2.75) is 24.8 Å². The molecule has 0 aliphatic carbocycles. The average molecular weight is 433 g/mol. The SMILES string of the molecule is COc1ccc(NC(=O)[C@H](NS(=O)(=O)c2ccc3c(c2)oc(=O)n3C)C(C)C)cc1. The molecule has 0 spiro atoms. The van der Waals surface area contributed by atoms with Gasteiger partial charge in [-0.25, -0.2) is 13.2 Å². The zero-order valence-corrected chi connectivity index (χ0v) is 17.8. The summed E-state index contributed by atoms with van der Waals surface area (Å²) in [6.07, 6.45) is 0. The third-order valence-corrected chi connectivity index (χ3v) is 6.10. The second-order valence-corrected chi connectivity index (χ2v) is 8.83. The summed E-state index contributed by atoms with van der Waals surface area (Å²) >= 11 is 0. The van der Waals surface area contributed by atoms with Crippen molar-refractivity contribution in [3.8, 4) is 5.75 Å². The van der Waals surface area contributed by atoms with Gasteiger partial charge in [0, 0.05) is 18.8 Å². The number of amides is 1. The fourth-order valence-electron chi connectivity index (χ4n) is 2.90. The highest BCUT2D eigenvalue weighted by molar-refractivity contribution is 7.89. The van der Waals surface area contributed by atoms with Crippen LogP contribution in [0.1, 0.15) is 13.8 Å². The Morgan fingerprint density at radius 3 is 2.40 bits per heavy atom. The van der Waals surface area contributed by atoms with Gasteiger partial charge in [0.15, 0.2) is 5.58 Å². The monoisotopic (exact) mass is 433 g/mol. The van der Waals surface area contributed by atoms with E-state index in [1.165, 1.54) is 36.9 Å². The molecule has 1 heterocycles. The maximum Gasteiger partial charge on any atom is 0.419 e. The molecule has 1 amide bonds. The van der Waals surface area contributed by atoms with Crippen molar-refractivity contribution in [1.29, 1.82) is 0 Å². The molecule has 2 N–H and O–H groups in total. The number of oxazole rings is 1. The Balaban J connectivity index is 1.83. The van der Waals surface area contributed by atoms with Gasteiger partial charge in [-0.15, -0.1) is 0 Å². The Morgan fingerprint density at radius 2 is 1.80 bits per heavy atom. The summed E-state index contributed by atoms with van der Waals surface area (Å²) in [5, 5.41) is 2.70. The van der Waals surface area contributed by atoms with E-state index in [2.05, 4.69) is 10.0 Å². The minimum Gasteiger partial charge on any atom is -0.497 e. The Hall–Kier alpha value is -3.11. The first-order chi connectivity index (χ1) is 14.1. The second-order valence-electron chi connectivity index (χ2n) is 7.12. The highest BCUT2D eigenvalue weighted by atomic mass is 32.2. The summed E-state index contributed by atoms with van der Waals surface area (Å²) in [4.78, 5) is 24.3. The van der Waals surface area contributed by atoms with Crippen molar-refractivity contribution in [1.82, 2.24) is 9.29 Å². The summed E-state index contributed by atoms with van der Waals surface area (Å²) < 4.78 is 39.6. The number of aromatic nitrogens is 1. The summed E-state index contributed by atoms with van der Waals surface area (Å²) in [5.41, 5.74) is 1.13. The van der Waals surface area contributed by atoms with Crippen molar-refractivity contribution in [3.05, 3.63) is 53.0 Å². The van der Waals surface area contributed by atoms with E-state index in [-0.39, 0.29) is 16.4 Å². The molecule has 1 aromatic heterocycles. The molecule has 0 aliphatic heterocycles. The lowest BCUT2D eigenvalue weighted by Crippen LogP contribution is -2.47. The number of methoxy groups -OCH3 is 1. The molecule has 0 aliphatic rings. The molecule has 3 aromatic rings. The number of benzene rings is 2. The largest absolute Gasteiger partial charge is 0.497 e. The topological polar surface area (TPSA) is 120 Å². The van der Waals surface area contributed by atoms with Crippen LogP contribution in [-0.2, 0) is 21.9 Å². The first-order valence-electron chi connectivity index (χ1n) is 9.19. The molecule has 1 atom stereocenters. The summed E-state index contributed by atoms with van der Waals surface area (Å²) in [5.74, 6) is -0.772. The molecule has 0 unspecified atom stereocenters. The molecule has 0 fully saturated rings. The Kier molecular flexibility index (Phi) is 5.99. The highest BCUT2D eigenvalue weighted by Crippen LogP contribution is 2.20. The smallest absolute Gasteiger partial charge is 0.419 e. The molecule has 0 saturated heterocycles. The molecule has 2 aromatic carbocycles. The number of fused-ring (bicyclic) bond motifs is 1. The molecule has 0 bridgehead atoms. The quantitative estimate of drug-likeness (QED) is 0.589. The van der Waals surface area contributed by atoms with E-state index < -0.39 is 27.7 Å². The maximum absolute atomic E-state index is 12.9. The van der Waals surface area contributed by atoms with Crippen LogP contribution in [0.25, 0.3) is 11.1 Å². The number of rotatable bonds is 7. The number of nitrogens with one attached hydrogen (secondary N) is 2. The highest BCUT2D eigenvalue weighted by Gasteiger charge is 2.29. The molecule has 0 saturated carbocycles. The van der Waals surface area contributed by atoms with Gasteiger partial charge in [-0.1, -0.05) is 13.8 Å². The molecular weight excluding hydrogens is 410 g/mol. The Labute approximate surface area is 173 Å². The van der Waals surface area contributed by atoms with E-state index in [9.17, 15) is 18.0 Å². The number of hydrogen-bond donors (Lipinski definition) is 2. The second kappa shape index (κ2) is 8.33. The first kappa shape index (κ1) is 21.6. The number of hydrogen-bond acceptors (Lipinski definition) is 6. The van der Waals surface area contributed by atoms with Crippen molar-refractivity contribution >= 4 is 32.7 Å². The third kappa shape index (κ3) is 4.39. The van der Waals surface area contributed by atoms with Crippen molar-refractivity contribution in [2.75, 3.05) is 12.4 Å². The van der Waals surface area contributed by atoms with E-state index >= 15 is 0 Å². The van der Waals surface area contributed by atoms with Crippen molar-refractivity contribution in [3.63, 3.8) is 0 Å².